The second-order valence-electron chi connectivity index (χ2n) is 8.54. The third-order valence-electron chi connectivity index (χ3n) is 4.25. The standard InChI is InChI=1S/C22H29NO/c1-15-12-20(24)18(22(5,6)7)13-19(15)23-14-16-8-10-17(11-9-16)21(2,3)4/h8-14,24H,1-7H3. The van der Waals surface area contributed by atoms with E-state index < -0.39 is 0 Å². The van der Waals surface area contributed by atoms with Crippen molar-refractivity contribution in [3.63, 3.8) is 0 Å². The number of aryl methyl sites for hydroxylation is 1. The average molecular weight is 323 g/mol. The third-order valence-corrected chi connectivity index (χ3v) is 4.25. The van der Waals surface area contributed by atoms with Gasteiger partial charge in [0.15, 0.2) is 0 Å². The van der Waals surface area contributed by atoms with Crippen molar-refractivity contribution in [2.45, 2.75) is 59.3 Å². The molecule has 0 heterocycles. The Morgan fingerprint density at radius 2 is 1.46 bits per heavy atom. The number of phenolic OH excluding ortho intramolecular Hbond substituents is 1. The number of phenols is 1. The Labute approximate surface area is 146 Å². The minimum atomic E-state index is -0.115. The van der Waals surface area contributed by atoms with Crippen LogP contribution in [0.25, 0.3) is 0 Å². The monoisotopic (exact) mass is 323 g/mol. The van der Waals surface area contributed by atoms with Crippen LogP contribution >= 0.6 is 0 Å². The van der Waals surface area contributed by atoms with Gasteiger partial charge in [-0.2, -0.15) is 0 Å². The predicted molar refractivity (Wildman–Crippen MR) is 104 cm³/mol. The number of aromatic hydroxyl groups is 1. The van der Waals surface area contributed by atoms with Crippen LogP contribution in [-0.2, 0) is 10.8 Å². The van der Waals surface area contributed by atoms with Crippen molar-refractivity contribution in [1.82, 2.24) is 0 Å². The minimum absolute atomic E-state index is 0.115. The van der Waals surface area contributed by atoms with Gasteiger partial charge in [-0.25, -0.2) is 0 Å². The quantitative estimate of drug-likeness (QED) is 0.671. The molecule has 0 amide bonds. The largest absolute Gasteiger partial charge is 0.508 e. The van der Waals surface area contributed by atoms with E-state index >= 15 is 0 Å². The SMILES string of the molecule is Cc1cc(O)c(C(C)(C)C)cc1N=Cc1ccc(C(C)(C)C)cc1. The molecule has 0 bridgehead atoms. The highest BCUT2D eigenvalue weighted by atomic mass is 16.3. The van der Waals surface area contributed by atoms with Gasteiger partial charge >= 0.3 is 0 Å². The fourth-order valence-electron chi connectivity index (χ4n) is 2.63. The molecule has 0 aliphatic carbocycles. The fourth-order valence-corrected chi connectivity index (χ4v) is 2.63. The number of rotatable bonds is 2. The van der Waals surface area contributed by atoms with Crippen LogP contribution < -0.4 is 0 Å². The summed E-state index contributed by atoms with van der Waals surface area (Å²) in [7, 11) is 0. The first-order valence-electron chi connectivity index (χ1n) is 8.47. The highest BCUT2D eigenvalue weighted by Crippen LogP contribution is 2.35. The van der Waals surface area contributed by atoms with E-state index in [0.29, 0.717) is 5.75 Å². The van der Waals surface area contributed by atoms with E-state index in [1.165, 1.54) is 5.56 Å². The van der Waals surface area contributed by atoms with E-state index in [2.05, 4.69) is 70.8 Å². The fraction of sp³-hybridized carbons (Fsp3) is 0.409. The molecule has 0 fully saturated rings. The van der Waals surface area contributed by atoms with Crippen LogP contribution in [0, 0.1) is 6.92 Å². The van der Waals surface area contributed by atoms with Gasteiger partial charge in [-0.3, -0.25) is 4.99 Å². The molecule has 1 N–H and O–H groups in total. The Kier molecular flexibility index (Phi) is 4.89. The summed E-state index contributed by atoms with van der Waals surface area (Å²) in [6, 6.07) is 12.3. The molecule has 0 aromatic heterocycles. The Morgan fingerprint density at radius 1 is 0.875 bits per heavy atom. The van der Waals surface area contributed by atoms with Gasteiger partial charge in [-0.05, 0) is 46.6 Å². The molecule has 0 saturated carbocycles. The van der Waals surface area contributed by atoms with Gasteiger partial charge in [-0.1, -0.05) is 65.8 Å². The maximum absolute atomic E-state index is 10.2. The molecule has 2 nitrogen and oxygen atoms in total. The molecule has 2 heteroatoms. The number of benzene rings is 2. The Bertz CT molecular complexity index is 741. The molecule has 128 valence electrons. The number of hydrogen-bond donors (Lipinski definition) is 1. The second-order valence-corrected chi connectivity index (χ2v) is 8.54. The average Bonchev–Trinajstić information content (AvgIpc) is 2.44. The van der Waals surface area contributed by atoms with Crippen molar-refractivity contribution in [3.8, 4) is 5.75 Å². The van der Waals surface area contributed by atoms with Crippen LogP contribution in [0.4, 0.5) is 5.69 Å². The van der Waals surface area contributed by atoms with E-state index in [4.69, 9.17) is 0 Å². The predicted octanol–water partition coefficient (Wildman–Crippen LogP) is 6.05. The van der Waals surface area contributed by atoms with E-state index in [0.717, 1.165) is 22.4 Å². The molecule has 2 aromatic rings. The lowest BCUT2D eigenvalue weighted by Gasteiger charge is -2.21. The van der Waals surface area contributed by atoms with Gasteiger partial charge in [0.2, 0.25) is 0 Å². The smallest absolute Gasteiger partial charge is 0.119 e. The van der Waals surface area contributed by atoms with Gasteiger partial charge in [0, 0.05) is 11.8 Å². The van der Waals surface area contributed by atoms with Crippen LogP contribution in [0.15, 0.2) is 41.4 Å². The Morgan fingerprint density at radius 3 is 1.96 bits per heavy atom. The van der Waals surface area contributed by atoms with Crippen molar-refractivity contribution in [2.75, 3.05) is 0 Å². The van der Waals surface area contributed by atoms with E-state index in [-0.39, 0.29) is 10.8 Å². The zero-order valence-corrected chi connectivity index (χ0v) is 15.9. The summed E-state index contributed by atoms with van der Waals surface area (Å²) in [6.07, 6.45) is 1.89. The number of aliphatic imine (C=N–C) groups is 1. The van der Waals surface area contributed by atoms with E-state index in [1.807, 2.05) is 19.2 Å². The van der Waals surface area contributed by atoms with Gasteiger partial charge < -0.3 is 5.11 Å². The van der Waals surface area contributed by atoms with Crippen molar-refractivity contribution < 1.29 is 5.11 Å². The Balaban J connectivity index is 2.32. The molecule has 2 rings (SSSR count). The van der Waals surface area contributed by atoms with E-state index in [9.17, 15) is 5.11 Å². The maximum atomic E-state index is 10.2. The van der Waals surface area contributed by atoms with Gasteiger partial charge in [0.25, 0.3) is 0 Å². The van der Waals surface area contributed by atoms with Crippen LogP contribution in [0.2, 0.25) is 0 Å². The summed E-state index contributed by atoms with van der Waals surface area (Å²) in [5, 5.41) is 10.2. The molecule has 0 aliphatic heterocycles. The molecule has 0 spiro atoms. The van der Waals surface area contributed by atoms with Gasteiger partial charge in [0.05, 0.1) is 5.69 Å². The highest BCUT2D eigenvalue weighted by Gasteiger charge is 2.19. The normalized spacial score (nSPS) is 12.8. The second kappa shape index (κ2) is 6.43. The number of hydrogen-bond acceptors (Lipinski definition) is 2. The third kappa shape index (κ3) is 4.25. The summed E-state index contributed by atoms with van der Waals surface area (Å²) in [5.41, 5.74) is 5.23. The van der Waals surface area contributed by atoms with Gasteiger partial charge in [-0.15, -0.1) is 0 Å². The molecule has 0 atom stereocenters. The summed E-state index contributed by atoms with van der Waals surface area (Å²) in [4.78, 5) is 4.65. The molecule has 0 aliphatic rings. The first kappa shape index (κ1) is 18.3. The maximum Gasteiger partial charge on any atom is 0.119 e. The summed E-state index contributed by atoms with van der Waals surface area (Å²) < 4.78 is 0. The van der Waals surface area contributed by atoms with Crippen molar-refractivity contribution in [2.24, 2.45) is 4.99 Å². The van der Waals surface area contributed by atoms with E-state index in [1.54, 1.807) is 6.07 Å². The lowest BCUT2D eigenvalue weighted by atomic mass is 9.85. The zero-order valence-electron chi connectivity index (χ0n) is 15.9. The minimum Gasteiger partial charge on any atom is -0.508 e. The first-order chi connectivity index (χ1) is 11.0. The van der Waals surface area contributed by atoms with Crippen molar-refractivity contribution in [3.05, 3.63) is 58.7 Å². The molecule has 2 aromatic carbocycles. The van der Waals surface area contributed by atoms with Crippen LogP contribution in [0.1, 0.15) is 63.8 Å². The lowest BCUT2D eigenvalue weighted by molar-refractivity contribution is 0.446. The van der Waals surface area contributed by atoms with Crippen LogP contribution in [0.3, 0.4) is 0 Å². The van der Waals surface area contributed by atoms with Crippen LogP contribution in [-0.4, -0.2) is 11.3 Å². The number of nitrogens with zero attached hydrogens (tertiary/aromatic N) is 1. The molecule has 0 saturated heterocycles. The molecule has 0 unspecified atom stereocenters. The topological polar surface area (TPSA) is 32.6 Å². The highest BCUT2D eigenvalue weighted by molar-refractivity contribution is 5.82. The first-order valence-corrected chi connectivity index (χ1v) is 8.47. The molecular weight excluding hydrogens is 294 g/mol. The molecular formula is C22H29NO. The van der Waals surface area contributed by atoms with Gasteiger partial charge in [0.1, 0.15) is 5.75 Å². The summed E-state index contributed by atoms with van der Waals surface area (Å²) in [6.45, 7) is 14.9. The summed E-state index contributed by atoms with van der Waals surface area (Å²) >= 11 is 0. The summed E-state index contributed by atoms with van der Waals surface area (Å²) in [5.74, 6) is 0.341. The molecule has 0 radical (unpaired) electrons. The van der Waals surface area contributed by atoms with Crippen molar-refractivity contribution in [1.29, 1.82) is 0 Å². The lowest BCUT2D eigenvalue weighted by Crippen LogP contribution is -2.11. The van der Waals surface area contributed by atoms with Crippen molar-refractivity contribution >= 4 is 11.9 Å². The Hall–Kier alpha value is -2.09. The molecule has 24 heavy (non-hydrogen) atoms. The zero-order chi connectivity index (χ0) is 18.1. The van der Waals surface area contributed by atoms with Crippen LogP contribution in [0.5, 0.6) is 5.75 Å².